The zero-order valence-corrected chi connectivity index (χ0v) is 7.97. The van der Waals surface area contributed by atoms with Crippen LogP contribution in [0.4, 0.5) is 5.69 Å². The summed E-state index contributed by atoms with van der Waals surface area (Å²) in [5.74, 6) is -0.102. The number of aromatic amines is 1. The second-order valence-corrected chi connectivity index (χ2v) is 3.03. The highest BCUT2D eigenvalue weighted by atomic mass is 16.1. The first-order valence-corrected chi connectivity index (χ1v) is 4.53. The molecule has 0 unspecified atom stereocenters. The van der Waals surface area contributed by atoms with Crippen LogP contribution in [0.1, 0.15) is 5.69 Å². The quantitative estimate of drug-likeness (QED) is 0.779. The lowest BCUT2D eigenvalue weighted by Gasteiger charge is -2.00. The summed E-state index contributed by atoms with van der Waals surface area (Å²) >= 11 is 0. The van der Waals surface area contributed by atoms with Crippen LogP contribution in [0.5, 0.6) is 0 Å². The lowest BCUT2D eigenvalue weighted by atomic mass is 10.2. The first-order valence-electron chi connectivity index (χ1n) is 4.53. The van der Waals surface area contributed by atoms with Crippen LogP contribution in [0.3, 0.4) is 0 Å². The molecule has 0 saturated heterocycles. The van der Waals surface area contributed by atoms with Crippen molar-refractivity contribution in [2.75, 3.05) is 5.32 Å². The van der Waals surface area contributed by atoms with Crippen LogP contribution in [0, 0.1) is 0 Å². The van der Waals surface area contributed by atoms with Crippen molar-refractivity contribution in [2.24, 2.45) is 0 Å². The zero-order valence-electron chi connectivity index (χ0n) is 7.97. The van der Waals surface area contributed by atoms with Gasteiger partial charge in [-0.15, -0.1) is 0 Å². The van der Waals surface area contributed by atoms with E-state index in [9.17, 15) is 4.79 Å². The van der Waals surface area contributed by atoms with Crippen molar-refractivity contribution in [3.63, 3.8) is 0 Å². The van der Waals surface area contributed by atoms with E-state index in [0.29, 0.717) is 5.69 Å². The van der Waals surface area contributed by atoms with Gasteiger partial charge in [-0.2, -0.15) is 5.10 Å². The highest BCUT2D eigenvalue weighted by molar-refractivity contribution is 5.91. The van der Waals surface area contributed by atoms with Crippen molar-refractivity contribution < 1.29 is 4.79 Å². The average Bonchev–Trinajstić information content (AvgIpc) is 2.71. The maximum Gasteiger partial charge on any atom is 0.230 e. The van der Waals surface area contributed by atoms with Gasteiger partial charge < -0.3 is 5.32 Å². The van der Waals surface area contributed by atoms with Crippen LogP contribution in [-0.2, 0) is 11.2 Å². The molecule has 0 aliphatic rings. The van der Waals surface area contributed by atoms with Gasteiger partial charge in [0.15, 0.2) is 0 Å². The van der Waals surface area contributed by atoms with Gasteiger partial charge in [0.1, 0.15) is 0 Å². The number of carbonyl (C=O) groups excluding carboxylic acids is 1. The van der Waals surface area contributed by atoms with Gasteiger partial charge in [0.2, 0.25) is 5.91 Å². The summed E-state index contributed by atoms with van der Waals surface area (Å²) in [5, 5.41) is 9.04. The van der Waals surface area contributed by atoms with Crippen LogP contribution in [0.25, 0.3) is 0 Å². The molecule has 15 heavy (non-hydrogen) atoms. The molecule has 1 amide bonds. The summed E-state index contributed by atoms with van der Waals surface area (Å²) < 4.78 is 0. The minimum atomic E-state index is -0.102. The van der Waals surface area contributed by atoms with E-state index in [1.54, 1.807) is 18.6 Å². The molecular formula is C10H10N4O. The first kappa shape index (κ1) is 9.39. The third-order valence-electron chi connectivity index (χ3n) is 1.85. The summed E-state index contributed by atoms with van der Waals surface area (Å²) in [4.78, 5) is 15.6. The number of nitrogens with zero attached hydrogens (tertiary/aromatic N) is 2. The highest BCUT2D eigenvalue weighted by Gasteiger charge is 2.04. The van der Waals surface area contributed by atoms with Crippen molar-refractivity contribution in [3.8, 4) is 0 Å². The number of H-pyrrole nitrogens is 1. The predicted octanol–water partition coefficient (Wildman–Crippen LogP) is 0.986. The Bertz CT molecular complexity index is 424. The van der Waals surface area contributed by atoms with Crippen LogP contribution >= 0.6 is 0 Å². The summed E-state index contributed by atoms with van der Waals surface area (Å²) in [7, 11) is 0. The molecule has 2 heterocycles. The second-order valence-electron chi connectivity index (χ2n) is 3.03. The van der Waals surface area contributed by atoms with E-state index in [4.69, 9.17) is 0 Å². The molecule has 76 valence electrons. The molecule has 2 aromatic rings. The number of pyridine rings is 1. The molecule has 0 atom stereocenters. The summed E-state index contributed by atoms with van der Waals surface area (Å²) in [5.41, 5.74) is 1.41. The van der Waals surface area contributed by atoms with E-state index in [2.05, 4.69) is 20.5 Å². The molecule has 2 N–H and O–H groups in total. The second kappa shape index (κ2) is 4.36. The number of hydrogen-bond donors (Lipinski definition) is 2. The van der Waals surface area contributed by atoms with Crippen LogP contribution in [0.2, 0.25) is 0 Å². The number of anilines is 1. The first-order chi connectivity index (χ1) is 7.34. The highest BCUT2D eigenvalue weighted by Crippen LogP contribution is 2.02. The molecule has 0 radical (unpaired) electrons. The molecule has 2 aromatic heterocycles. The standard InChI is InChI=1S/C10H10N4O/c15-10(14-9-6-12-13-7-9)5-8-3-1-2-4-11-8/h1-4,6-7H,5H2,(H,12,13)(H,14,15). The normalized spacial score (nSPS) is 9.87. The molecule has 0 bridgehead atoms. The van der Waals surface area contributed by atoms with Crippen molar-refractivity contribution in [1.29, 1.82) is 0 Å². The molecule has 0 aliphatic carbocycles. The summed E-state index contributed by atoms with van der Waals surface area (Å²) in [6, 6.07) is 5.49. The van der Waals surface area contributed by atoms with Crippen LogP contribution < -0.4 is 5.32 Å². The number of rotatable bonds is 3. The van der Waals surface area contributed by atoms with Gasteiger partial charge in [0, 0.05) is 18.1 Å². The van der Waals surface area contributed by atoms with Crippen LogP contribution in [0.15, 0.2) is 36.8 Å². The minimum Gasteiger partial charge on any atom is -0.323 e. The molecular weight excluding hydrogens is 192 g/mol. The molecule has 0 fully saturated rings. The third kappa shape index (κ3) is 2.63. The van der Waals surface area contributed by atoms with E-state index in [0.717, 1.165) is 5.69 Å². The Morgan fingerprint density at radius 1 is 1.47 bits per heavy atom. The number of carbonyl (C=O) groups is 1. The summed E-state index contributed by atoms with van der Waals surface area (Å²) in [6.45, 7) is 0. The maximum atomic E-state index is 11.5. The number of hydrogen-bond acceptors (Lipinski definition) is 3. The van der Waals surface area contributed by atoms with Gasteiger partial charge >= 0.3 is 0 Å². The number of aromatic nitrogens is 3. The molecule has 2 rings (SSSR count). The molecule has 0 aliphatic heterocycles. The Balaban J connectivity index is 1.94. The van der Waals surface area contributed by atoms with Crippen molar-refractivity contribution in [2.45, 2.75) is 6.42 Å². The molecule has 0 saturated carbocycles. The topological polar surface area (TPSA) is 70.7 Å². The Morgan fingerprint density at radius 3 is 3.07 bits per heavy atom. The summed E-state index contributed by atoms with van der Waals surface area (Å²) in [6.07, 6.45) is 5.11. The maximum absolute atomic E-state index is 11.5. The van der Waals surface area contributed by atoms with Gasteiger partial charge in [-0.25, -0.2) is 0 Å². The van der Waals surface area contributed by atoms with Crippen molar-refractivity contribution >= 4 is 11.6 Å². The Labute approximate surface area is 86.5 Å². The third-order valence-corrected chi connectivity index (χ3v) is 1.85. The number of nitrogens with one attached hydrogen (secondary N) is 2. The Morgan fingerprint density at radius 2 is 2.40 bits per heavy atom. The SMILES string of the molecule is O=C(Cc1ccccn1)Nc1cn[nH]c1. The fourth-order valence-electron chi connectivity index (χ4n) is 1.19. The lowest BCUT2D eigenvalue weighted by Crippen LogP contribution is -2.14. The van der Waals surface area contributed by atoms with Crippen molar-refractivity contribution in [3.05, 3.63) is 42.5 Å². The van der Waals surface area contributed by atoms with Gasteiger partial charge in [0.25, 0.3) is 0 Å². The fraction of sp³-hybridized carbons (Fsp3) is 0.100. The van der Waals surface area contributed by atoms with Gasteiger partial charge in [0.05, 0.1) is 18.3 Å². The van der Waals surface area contributed by atoms with E-state index in [1.807, 2.05) is 18.2 Å². The van der Waals surface area contributed by atoms with Gasteiger partial charge in [-0.05, 0) is 12.1 Å². The monoisotopic (exact) mass is 202 g/mol. The zero-order chi connectivity index (χ0) is 10.5. The van der Waals surface area contributed by atoms with E-state index in [-0.39, 0.29) is 12.3 Å². The number of amides is 1. The Kier molecular flexibility index (Phi) is 2.73. The van der Waals surface area contributed by atoms with E-state index in [1.165, 1.54) is 0 Å². The van der Waals surface area contributed by atoms with Gasteiger partial charge in [-0.1, -0.05) is 6.07 Å². The smallest absolute Gasteiger partial charge is 0.230 e. The molecule has 5 heteroatoms. The fourth-order valence-corrected chi connectivity index (χ4v) is 1.19. The minimum absolute atomic E-state index is 0.102. The molecule has 0 spiro atoms. The van der Waals surface area contributed by atoms with Gasteiger partial charge in [-0.3, -0.25) is 14.9 Å². The van der Waals surface area contributed by atoms with E-state index >= 15 is 0 Å². The lowest BCUT2D eigenvalue weighted by molar-refractivity contribution is -0.115. The molecule has 5 nitrogen and oxygen atoms in total. The Hall–Kier alpha value is -2.17. The average molecular weight is 202 g/mol. The van der Waals surface area contributed by atoms with Crippen molar-refractivity contribution in [1.82, 2.24) is 15.2 Å². The van der Waals surface area contributed by atoms with Crippen LogP contribution in [-0.4, -0.2) is 21.1 Å². The molecule has 0 aromatic carbocycles. The largest absolute Gasteiger partial charge is 0.323 e. The van der Waals surface area contributed by atoms with E-state index < -0.39 is 0 Å². The predicted molar refractivity (Wildman–Crippen MR) is 55.2 cm³/mol.